The second-order valence-electron chi connectivity index (χ2n) is 9.50. The van der Waals surface area contributed by atoms with Gasteiger partial charge in [-0.25, -0.2) is 14.2 Å². The minimum Gasteiger partial charge on any atom is -0.478 e. The molecular formula is C30H34FN3O7. The van der Waals surface area contributed by atoms with Gasteiger partial charge in [0.25, 0.3) is 5.91 Å². The van der Waals surface area contributed by atoms with Crippen molar-refractivity contribution in [3.05, 3.63) is 82.9 Å². The number of carbonyl (C=O) groups excluding carboxylic acids is 3. The molecule has 1 aromatic heterocycles. The minimum absolute atomic E-state index is 0.0524. The zero-order valence-corrected chi connectivity index (χ0v) is 23.0. The van der Waals surface area contributed by atoms with E-state index in [0.717, 1.165) is 36.0 Å². The van der Waals surface area contributed by atoms with Gasteiger partial charge in [-0.1, -0.05) is 56.5 Å². The van der Waals surface area contributed by atoms with Gasteiger partial charge in [-0.05, 0) is 48.7 Å². The van der Waals surface area contributed by atoms with Crippen LogP contribution in [0.2, 0.25) is 0 Å². The van der Waals surface area contributed by atoms with Crippen molar-refractivity contribution < 1.29 is 37.9 Å². The molecule has 3 aromatic rings. The van der Waals surface area contributed by atoms with Crippen molar-refractivity contribution in [2.24, 2.45) is 5.92 Å². The Morgan fingerprint density at radius 1 is 1.10 bits per heavy atom. The molecule has 0 radical (unpaired) electrons. The molecular weight excluding hydrogens is 533 g/mol. The minimum atomic E-state index is -1.42. The Balaban J connectivity index is 1.57. The number of halogens is 1. The molecule has 0 saturated carbocycles. The Morgan fingerprint density at radius 3 is 2.54 bits per heavy atom. The number of rotatable bonds is 16. The van der Waals surface area contributed by atoms with Crippen LogP contribution in [0, 0.1) is 18.7 Å². The summed E-state index contributed by atoms with van der Waals surface area (Å²) < 4.78 is 19.7. The highest BCUT2D eigenvalue weighted by atomic mass is 19.1. The van der Waals surface area contributed by atoms with E-state index in [2.05, 4.69) is 10.6 Å². The van der Waals surface area contributed by atoms with Crippen LogP contribution in [-0.2, 0) is 21.0 Å². The Bertz CT molecular complexity index is 1340. The summed E-state index contributed by atoms with van der Waals surface area (Å²) in [5, 5.41) is 15.6. The normalized spacial score (nSPS) is 11.5. The first kappa shape index (κ1) is 31.0. The van der Waals surface area contributed by atoms with Gasteiger partial charge in [-0.3, -0.25) is 19.2 Å². The molecule has 0 unspecified atom stereocenters. The number of carboxylic acids is 1. The molecule has 0 aliphatic rings. The molecule has 0 bridgehead atoms. The summed E-state index contributed by atoms with van der Waals surface area (Å²) in [6, 6.07) is 14.8. The molecule has 3 amide bonds. The fourth-order valence-electron chi connectivity index (χ4n) is 4.15. The van der Waals surface area contributed by atoms with E-state index < -0.39 is 29.2 Å². The highest BCUT2D eigenvalue weighted by molar-refractivity contribution is 5.93. The summed E-state index contributed by atoms with van der Waals surface area (Å²) in [5.74, 6) is -3.66. The van der Waals surface area contributed by atoms with Gasteiger partial charge >= 0.3 is 5.97 Å². The second-order valence-corrected chi connectivity index (χ2v) is 9.50. The lowest BCUT2D eigenvalue weighted by molar-refractivity contribution is -0.182. The van der Waals surface area contributed by atoms with E-state index in [1.165, 1.54) is 25.1 Å². The molecule has 11 heteroatoms. The molecule has 10 nitrogen and oxygen atoms in total. The van der Waals surface area contributed by atoms with Gasteiger partial charge in [0.05, 0.1) is 24.7 Å². The van der Waals surface area contributed by atoms with Crippen LogP contribution in [0.15, 0.2) is 59.0 Å². The van der Waals surface area contributed by atoms with Crippen molar-refractivity contribution in [3.8, 4) is 11.3 Å². The van der Waals surface area contributed by atoms with Crippen molar-refractivity contribution in [2.45, 2.75) is 46.1 Å². The maximum absolute atomic E-state index is 14.1. The number of benzene rings is 2. The molecule has 3 rings (SSSR count). The number of aromatic carboxylic acids is 1. The van der Waals surface area contributed by atoms with Gasteiger partial charge in [-0.2, -0.15) is 0 Å². The zero-order chi connectivity index (χ0) is 29.8. The number of unbranched alkanes of at least 4 members (excludes halogenated alkanes) is 2. The predicted octanol–water partition coefficient (Wildman–Crippen LogP) is 4.68. The second kappa shape index (κ2) is 15.3. The number of carbonyl (C=O) groups is 4. The molecule has 0 aliphatic heterocycles. The first-order valence-corrected chi connectivity index (χ1v) is 13.3. The zero-order valence-electron chi connectivity index (χ0n) is 23.0. The Labute approximate surface area is 237 Å². The van der Waals surface area contributed by atoms with E-state index >= 15 is 0 Å². The number of hydrogen-bond acceptors (Lipinski definition) is 6. The lowest BCUT2D eigenvalue weighted by Crippen LogP contribution is -2.43. The van der Waals surface area contributed by atoms with E-state index in [9.17, 15) is 28.7 Å². The molecule has 218 valence electrons. The molecule has 0 aliphatic carbocycles. The summed E-state index contributed by atoms with van der Waals surface area (Å²) in [7, 11) is 0. The van der Waals surface area contributed by atoms with Crippen molar-refractivity contribution in [1.82, 2.24) is 15.7 Å². The highest BCUT2D eigenvalue weighted by Gasteiger charge is 2.22. The molecule has 0 spiro atoms. The lowest BCUT2D eigenvalue weighted by Gasteiger charge is -2.23. The monoisotopic (exact) mass is 567 g/mol. The predicted molar refractivity (Wildman–Crippen MR) is 148 cm³/mol. The largest absolute Gasteiger partial charge is 0.478 e. The Hall–Kier alpha value is -4.51. The molecule has 1 atom stereocenters. The van der Waals surface area contributed by atoms with Gasteiger partial charge < -0.3 is 20.2 Å². The van der Waals surface area contributed by atoms with Crippen LogP contribution < -0.4 is 10.6 Å². The first-order chi connectivity index (χ1) is 19.7. The average molecular weight is 568 g/mol. The molecule has 0 saturated heterocycles. The fraction of sp³-hybridized carbons (Fsp3) is 0.333. The van der Waals surface area contributed by atoms with E-state index in [1.807, 2.05) is 37.3 Å². The number of nitrogens with one attached hydrogen (secondary N) is 2. The number of carboxylic acid groups (broad SMARTS) is 1. The lowest BCUT2D eigenvalue weighted by atomic mass is 10.0. The van der Waals surface area contributed by atoms with Gasteiger partial charge in [0, 0.05) is 5.56 Å². The van der Waals surface area contributed by atoms with E-state index in [-0.39, 0.29) is 42.8 Å². The molecule has 41 heavy (non-hydrogen) atoms. The number of aryl methyl sites for hydroxylation is 1. The standard InChI is InChI=1S/C30H34FN3O7/c1-3-4-6-11-22(16-34(19-35)40-17-21-9-7-5-8-10-21)28(36)32-18-33-29(37)26-13-12-25(41-26)23-14-20(2)27(31)24(15-23)30(38)39/h5,7-10,12-15,19,22H,3-4,6,11,16-18H2,1-2H3,(H,32,36)(H,33,37)(H,38,39)/t22-/m1/s1. The van der Waals surface area contributed by atoms with Crippen molar-refractivity contribution in [2.75, 3.05) is 13.2 Å². The van der Waals surface area contributed by atoms with Gasteiger partial charge in [0.1, 0.15) is 18.2 Å². The first-order valence-electron chi connectivity index (χ1n) is 13.3. The Morgan fingerprint density at radius 2 is 1.85 bits per heavy atom. The fourth-order valence-corrected chi connectivity index (χ4v) is 4.15. The third-order valence-electron chi connectivity index (χ3n) is 6.40. The van der Waals surface area contributed by atoms with Crippen LogP contribution in [0.25, 0.3) is 11.3 Å². The maximum atomic E-state index is 14.1. The number of hydrogen-bond donors (Lipinski definition) is 3. The maximum Gasteiger partial charge on any atom is 0.338 e. The summed E-state index contributed by atoms with van der Waals surface area (Å²) in [4.78, 5) is 54.1. The van der Waals surface area contributed by atoms with Crippen LogP contribution >= 0.6 is 0 Å². The number of nitrogens with zero attached hydrogens (tertiary/aromatic N) is 1. The van der Waals surface area contributed by atoms with Crippen LogP contribution in [0.1, 0.15) is 64.6 Å². The van der Waals surface area contributed by atoms with Crippen LogP contribution in [-0.4, -0.2) is 47.6 Å². The third-order valence-corrected chi connectivity index (χ3v) is 6.40. The summed E-state index contributed by atoms with van der Waals surface area (Å²) in [6.07, 6.45) is 3.75. The topological polar surface area (TPSA) is 138 Å². The van der Waals surface area contributed by atoms with Crippen LogP contribution in [0.5, 0.6) is 0 Å². The van der Waals surface area contributed by atoms with E-state index in [1.54, 1.807) is 0 Å². The third kappa shape index (κ3) is 9.00. The quantitative estimate of drug-likeness (QED) is 0.0989. The van der Waals surface area contributed by atoms with Crippen molar-refractivity contribution in [1.29, 1.82) is 0 Å². The van der Waals surface area contributed by atoms with Gasteiger partial charge in [0.15, 0.2) is 5.76 Å². The number of amides is 3. The van der Waals surface area contributed by atoms with E-state index in [4.69, 9.17) is 9.25 Å². The summed E-state index contributed by atoms with van der Waals surface area (Å²) >= 11 is 0. The van der Waals surface area contributed by atoms with E-state index in [0.29, 0.717) is 18.4 Å². The van der Waals surface area contributed by atoms with Gasteiger partial charge in [0.2, 0.25) is 12.3 Å². The number of furan rings is 1. The van der Waals surface area contributed by atoms with Crippen molar-refractivity contribution >= 4 is 24.2 Å². The smallest absolute Gasteiger partial charge is 0.338 e. The molecule has 0 fully saturated rings. The Kier molecular flexibility index (Phi) is 11.6. The number of hydroxylamine groups is 2. The molecule has 3 N–H and O–H groups in total. The SMILES string of the molecule is CCCCC[C@H](CN(C=O)OCc1ccccc1)C(=O)NCNC(=O)c1ccc(-c2cc(C)c(F)c(C(=O)O)c2)o1. The highest BCUT2D eigenvalue weighted by Crippen LogP contribution is 2.27. The van der Waals surface area contributed by atoms with Gasteiger partial charge in [-0.15, -0.1) is 0 Å². The summed E-state index contributed by atoms with van der Waals surface area (Å²) in [5.41, 5.74) is 0.805. The van der Waals surface area contributed by atoms with Crippen LogP contribution in [0.3, 0.4) is 0 Å². The average Bonchev–Trinajstić information content (AvgIpc) is 3.46. The summed E-state index contributed by atoms with van der Waals surface area (Å²) in [6.45, 7) is 3.52. The molecule has 2 aromatic carbocycles. The van der Waals surface area contributed by atoms with Crippen molar-refractivity contribution in [3.63, 3.8) is 0 Å². The molecule has 1 heterocycles. The van der Waals surface area contributed by atoms with Crippen LogP contribution in [0.4, 0.5) is 4.39 Å².